The first kappa shape index (κ1) is 13.3. The number of ether oxygens (including phenoxy) is 1. The van der Waals surface area contributed by atoms with E-state index in [0.717, 1.165) is 16.5 Å². The van der Waals surface area contributed by atoms with E-state index in [2.05, 4.69) is 20.4 Å². The van der Waals surface area contributed by atoms with Crippen LogP contribution in [0.4, 0.5) is 5.82 Å². The lowest BCUT2D eigenvalue weighted by Crippen LogP contribution is -2.12. The predicted octanol–water partition coefficient (Wildman–Crippen LogP) is 2.67. The van der Waals surface area contributed by atoms with Gasteiger partial charge in [-0.15, -0.1) is 0 Å². The van der Waals surface area contributed by atoms with Crippen LogP contribution in [-0.2, 0) is 6.42 Å². The molecule has 6 nitrogen and oxygen atoms in total. The third-order valence-corrected chi connectivity index (χ3v) is 3.18. The Labute approximate surface area is 122 Å². The Morgan fingerprint density at radius 1 is 1.19 bits per heavy atom. The molecule has 0 amide bonds. The van der Waals surface area contributed by atoms with Crippen LogP contribution >= 0.6 is 0 Å². The average molecular weight is 281 g/mol. The van der Waals surface area contributed by atoms with Crippen LogP contribution in [0.15, 0.2) is 42.9 Å². The van der Waals surface area contributed by atoms with Gasteiger partial charge >= 0.3 is 0 Å². The standard InChI is InChI=1S/C15H15N5O/c1-2-12-14(20-16)18-9-19-15(12)21-11-7-10-5-3-4-6-13(10)17-8-11/h3-9H,2,16H2,1H3,(H,18,19,20). The molecule has 0 aliphatic heterocycles. The smallest absolute Gasteiger partial charge is 0.227 e. The van der Waals surface area contributed by atoms with Crippen LogP contribution < -0.4 is 16.0 Å². The van der Waals surface area contributed by atoms with Gasteiger partial charge in [-0.1, -0.05) is 25.1 Å². The average Bonchev–Trinajstić information content (AvgIpc) is 2.54. The molecule has 3 rings (SSSR count). The molecule has 1 aromatic carbocycles. The molecule has 21 heavy (non-hydrogen) atoms. The molecule has 3 N–H and O–H groups in total. The Morgan fingerprint density at radius 3 is 2.86 bits per heavy atom. The summed E-state index contributed by atoms with van der Waals surface area (Å²) < 4.78 is 5.84. The van der Waals surface area contributed by atoms with Gasteiger partial charge in [0.1, 0.15) is 17.9 Å². The van der Waals surface area contributed by atoms with E-state index in [9.17, 15) is 0 Å². The summed E-state index contributed by atoms with van der Waals surface area (Å²) in [7, 11) is 0. The van der Waals surface area contributed by atoms with Gasteiger partial charge in [-0.3, -0.25) is 4.98 Å². The number of nitrogens with two attached hydrogens (primary N) is 1. The largest absolute Gasteiger partial charge is 0.437 e. The van der Waals surface area contributed by atoms with Gasteiger partial charge in [0, 0.05) is 5.39 Å². The third kappa shape index (κ3) is 2.61. The van der Waals surface area contributed by atoms with Crippen molar-refractivity contribution in [3.05, 3.63) is 48.4 Å². The SMILES string of the molecule is CCc1c(NN)ncnc1Oc1cnc2ccccc2c1. The molecule has 0 radical (unpaired) electrons. The highest BCUT2D eigenvalue weighted by molar-refractivity contribution is 5.79. The molecule has 3 aromatic rings. The van der Waals surface area contributed by atoms with Gasteiger partial charge in [0.05, 0.1) is 17.3 Å². The molecule has 106 valence electrons. The number of nitrogens with one attached hydrogen (secondary N) is 1. The minimum Gasteiger partial charge on any atom is -0.437 e. The molecule has 0 fully saturated rings. The second-order valence-electron chi connectivity index (χ2n) is 4.47. The summed E-state index contributed by atoms with van der Waals surface area (Å²) >= 11 is 0. The van der Waals surface area contributed by atoms with Crippen LogP contribution in [0.25, 0.3) is 10.9 Å². The normalized spacial score (nSPS) is 10.6. The Balaban J connectivity index is 1.98. The highest BCUT2D eigenvalue weighted by Gasteiger charge is 2.11. The summed E-state index contributed by atoms with van der Waals surface area (Å²) in [5.74, 6) is 7.13. The molecule has 0 aliphatic rings. The van der Waals surface area contributed by atoms with Crippen LogP contribution in [0.3, 0.4) is 0 Å². The Hall–Kier alpha value is -2.73. The van der Waals surface area contributed by atoms with Gasteiger partial charge in [0.25, 0.3) is 0 Å². The molecule has 6 heteroatoms. The van der Waals surface area contributed by atoms with E-state index in [1.165, 1.54) is 6.33 Å². The maximum absolute atomic E-state index is 5.84. The number of rotatable bonds is 4. The molecular weight excluding hydrogens is 266 g/mol. The van der Waals surface area contributed by atoms with E-state index < -0.39 is 0 Å². The van der Waals surface area contributed by atoms with E-state index >= 15 is 0 Å². The summed E-state index contributed by atoms with van der Waals surface area (Å²) in [6, 6.07) is 9.79. The maximum Gasteiger partial charge on any atom is 0.227 e. The number of para-hydroxylation sites is 1. The molecule has 2 aromatic heterocycles. The number of nitrogens with zero attached hydrogens (tertiary/aromatic N) is 3. The topological polar surface area (TPSA) is 86.0 Å². The number of benzene rings is 1. The van der Waals surface area contributed by atoms with Crippen LogP contribution in [0.1, 0.15) is 12.5 Å². The van der Waals surface area contributed by atoms with Gasteiger partial charge in [0.2, 0.25) is 5.88 Å². The van der Waals surface area contributed by atoms with E-state index in [1.807, 2.05) is 37.3 Å². The predicted molar refractivity (Wildman–Crippen MR) is 81.0 cm³/mol. The van der Waals surface area contributed by atoms with Crippen molar-refractivity contribution in [1.82, 2.24) is 15.0 Å². The number of nitrogen functional groups attached to an aromatic ring is 1. The van der Waals surface area contributed by atoms with Crippen LogP contribution in [0, 0.1) is 0 Å². The zero-order valence-corrected chi connectivity index (χ0v) is 11.6. The summed E-state index contributed by atoms with van der Waals surface area (Å²) in [5, 5.41) is 1.01. The van der Waals surface area contributed by atoms with Gasteiger partial charge in [-0.2, -0.15) is 0 Å². The molecule has 0 aliphatic carbocycles. The molecule has 0 atom stereocenters. The molecule has 0 bridgehead atoms. The number of hydrogen-bond donors (Lipinski definition) is 2. The van der Waals surface area contributed by atoms with Gasteiger partial charge in [-0.25, -0.2) is 15.8 Å². The second kappa shape index (κ2) is 5.72. The summed E-state index contributed by atoms with van der Waals surface area (Å²) in [6.45, 7) is 1.99. The summed E-state index contributed by atoms with van der Waals surface area (Å²) in [5.41, 5.74) is 4.31. The minimum atomic E-state index is 0.484. The van der Waals surface area contributed by atoms with Crippen molar-refractivity contribution in [3.8, 4) is 11.6 Å². The number of hydrogen-bond acceptors (Lipinski definition) is 6. The van der Waals surface area contributed by atoms with Crippen molar-refractivity contribution >= 4 is 16.7 Å². The number of fused-ring (bicyclic) bond motifs is 1. The van der Waals surface area contributed by atoms with Gasteiger partial charge in [-0.05, 0) is 18.6 Å². The molecular formula is C15H15N5O. The molecule has 0 saturated carbocycles. The van der Waals surface area contributed by atoms with Gasteiger partial charge < -0.3 is 10.2 Å². The molecule has 2 heterocycles. The Bertz CT molecular complexity index is 775. The Morgan fingerprint density at radius 2 is 2.05 bits per heavy atom. The quantitative estimate of drug-likeness (QED) is 0.565. The van der Waals surface area contributed by atoms with Crippen molar-refractivity contribution in [1.29, 1.82) is 0 Å². The summed E-state index contributed by atoms with van der Waals surface area (Å²) in [4.78, 5) is 12.6. The van der Waals surface area contributed by atoms with Gasteiger partial charge in [0.15, 0.2) is 0 Å². The van der Waals surface area contributed by atoms with E-state index in [-0.39, 0.29) is 0 Å². The highest BCUT2D eigenvalue weighted by Crippen LogP contribution is 2.28. The number of pyridine rings is 1. The number of aromatic nitrogens is 3. The second-order valence-corrected chi connectivity index (χ2v) is 4.47. The zero-order chi connectivity index (χ0) is 14.7. The molecule has 0 saturated heterocycles. The molecule has 0 unspecified atom stereocenters. The van der Waals surface area contributed by atoms with Crippen molar-refractivity contribution in [2.24, 2.45) is 5.84 Å². The van der Waals surface area contributed by atoms with E-state index in [1.54, 1.807) is 6.20 Å². The lowest BCUT2D eigenvalue weighted by Gasteiger charge is -2.11. The summed E-state index contributed by atoms with van der Waals surface area (Å²) in [6.07, 6.45) is 3.80. The monoisotopic (exact) mass is 281 g/mol. The third-order valence-electron chi connectivity index (χ3n) is 3.18. The van der Waals surface area contributed by atoms with Crippen molar-refractivity contribution in [3.63, 3.8) is 0 Å². The fourth-order valence-corrected chi connectivity index (χ4v) is 2.15. The van der Waals surface area contributed by atoms with Crippen LogP contribution in [0.2, 0.25) is 0 Å². The highest BCUT2D eigenvalue weighted by atomic mass is 16.5. The fourth-order valence-electron chi connectivity index (χ4n) is 2.15. The van der Waals surface area contributed by atoms with Crippen molar-refractivity contribution < 1.29 is 4.74 Å². The fraction of sp³-hybridized carbons (Fsp3) is 0.133. The number of hydrazine groups is 1. The zero-order valence-electron chi connectivity index (χ0n) is 11.6. The van der Waals surface area contributed by atoms with Crippen molar-refractivity contribution in [2.45, 2.75) is 13.3 Å². The Kier molecular flexibility index (Phi) is 3.61. The lowest BCUT2D eigenvalue weighted by molar-refractivity contribution is 0.454. The first-order chi connectivity index (χ1) is 10.3. The van der Waals surface area contributed by atoms with Crippen molar-refractivity contribution in [2.75, 3.05) is 5.43 Å². The van der Waals surface area contributed by atoms with Crippen LogP contribution in [0.5, 0.6) is 11.6 Å². The minimum absolute atomic E-state index is 0.484. The first-order valence-corrected chi connectivity index (χ1v) is 6.65. The first-order valence-electron chi connectivity index (χ1n) is 6.65. The van der Waals surface area contributed by atoms with E-state index in [0.29, 0.717) is 23.9 Å². The lowest BCUT2D eigenvalue weighted by atomic mass is 10.2. The van der Waals surface area contributed by atoms with Crippen LogP contribution in [-0.4, -0.2) is 15.0 Å². The number of anilines is 1. The maximum atomic E-state index is 5.84. The molecule has 0 spiro atoms. The van der Waals surface area contributed by atoms with E-state index in [4.69, 9.17) is 10.6 Å².